The molecule has 1 aliphatic heterocycles. The molecule has 6 nitrogen and oxygen atoms in total. The van der Waals surface area contributed by atoms with E-state index in [4.69, 9.17) is 0 Å². The number of methoxy groups -OCH3 is 1. The Balaban J connectivity index is 2.22. The minimum Gasteiger partial charge on any atom is -0.464 e. The number of rotatable bonds is 2. The van der Waals surface area contributed by atoms with Gasteiger partial charge in [0.1, 0.15) is 0 Å². The summed E-state index contributed by atoms with van der Waals surface area (Å²) in [5.74, 6) is -0.976. The van der Waals surface area contributed by atoms with Crippen LogP contribution < -0.4 is 4.90 Å². The Kier molecular flexibility index (Phi) is 2.69. The van der Waals surface area contributed by atoms with Crippen molar-refractivity contribution in [3.05, 3.63) is 11.1 Å². The third kappa shape index (κ3) is 1.81. The SMILES string of the molecule is COC(=O)c1csc(N2CC(=O)CC2=O)n1. The molecule has 0 bridgehead atoms. The largest absolute Gasteiger partial charge is 0.464 e. The molecule has 7 heteroatoms. The van der Waals surface area contributed by atoms with Crippen molar-refractivity contribution in [3.8, 4) is 0 Å². The molecule has 0 aromatic carbocycles. The number of carbonyl (C=O) groups is 3. The summed E-state index contributed by atoms with van der Waals surface area (Å²) in [7, 11) is 1.26. The molecule has 1 fully saturated rings. The Morgan fingerprint density at radius 3 is 2.88 bits per heavy atom. The first-order chi connectivity index (χ1) is 7.61. The lowest BCUT2D eigenvalue weighted by Gasteiger charge is -2.08. The molecule has 1 saturated heterocycles. The van der Waals surface area contributed by atoms with Gasteiger partial charge in [-0.25, -0.2) is 9.78 Å². The molecule has 2 rings (SSSR count). The second-order valence-corrected chi connectivity index (χ2v) is 4.04. The Labute approximate surface area is 94.8 Å². The van der Waals surface area contributed by atoms with Crippen molar-refractivity contribution in [1.82, 2.24) is 4.98 Å². The molecular formula is C9H8N2O4S. The van der Waals surface area contributed by atoms with Crippen molar-refractivity contribution < 1.29 is 19.1 Å². The number of carbonyl (C=O) groups excluding carboxylic acids is 3. The molecule has 0 aliphatic carbocycles. The zero-order chi connectivity index (χ0) is 11.7. The zero-order valence-corrected chi connectivity index (χ0v) is 9.24. The average Bonchev–Trinajstić information content (AvgIpc) is 2.83. The van der Waals surface area contributed by atoms with Gasteiger partial charge in [0.25, 0.3) is 0 Å². The Hall–Kier alpha value is -1.76. The van der Waals surface area contributed by atoms with Crippen LogP contribution in [0.25, 0.3) is 0 Å². The summed E-state index contributed by atoms with van der Waals surface area (Å²) in [6.07, 6.45) is -0.0901. The molecule has 0 spiro atoms. The number of aromatic nitrogens is 1. The van der Waals surface area contributed by atoms with Gasteiger partial charge in [0.05, 0.1) is 20.1 Å². The Bertz CT molecular complexity index is 468. The fourth-order valence-corrected chi connectivity index (χ4v) is 2.16. The molecule has 1 aliphatic rings. The maximum Gasteiger partial charge on any atom is 0.357 e. The molecule has 0 unspecified atom stereocenters. The van der Waals surface area contributed by atoms with Crippen LogP contribution in [0, 0.1) is 0 Å². The Morgan fingerprint density at radius 2 is 2.31 bits per heavy atom. The number of ketones is 1. The van der Waals surface area contributed by atoms with Crippen LogP contribution in [-0.2, 0) is 14.3 Å². The van der Waals surface area contributed by atoms with E-state index in [-0.39, 0.29) is 30.3 Å². The predicted octanol–water partition coefficient (Wildman–Crippen LogP) is 0.236. The van der Waals surface area contributed by atoms with E-state index >= 15 is 0 Å². The summed E-state index contributed by atoms with van der Waals surface area (Å²) in [4.78, 5) is 38.8. The minimum atomic E-state index is -0.555. The lowest BCUT2D eigenvalue weighted by molar-refractivity contribution is -0.121. The molecule has 1 amide bonds. The number of esters is 1. The smallest absolute Gasteiger partial charge is 0.357 e. The molecule has 0 radical (unpaired) electrons. The van der Waals surface area contributed by atoms with E-state index in [1.807, 2.05) is 0 Å². The molecule has 0 saturated carbocycles. The highest BCUT2D eigenvalue weighted by Gasteiger charge is 2.30. The first-order valence-corrected chi connectivity index (χ1v) is 5.35. The number of hydrogen-bond acceptors (Lipinski definition) is 6. The minimum absolute atomic E-state index is 0.0347. The van der Waals surface area contributed by atoms with E-state index in [9.17, 15) is 14.4 Å². The predicted molar refractivity (Wildman–Crippen MR) is 55.4 cm³/mol. The second kappa shape index (κ2) is 4.01. The summed E-state index contributed by atoms with van der Waals surface area (Å²) < 4.78 is 4.50. The summed E-state index contributed by atoms with van der Waals surface area (Å²) in [5, 5.41) is 1.85. The topological polar surface area (TPSA) is 76.6 Å². The van der Waals surface area contributed by atoms with Gasteiger partial charge in [-0.15, -0.1) is 11.3 Å². The number of Topliss-reactive ketones (excluding diaryl/α,β-unsaturated/α-hetero) is 1. The molecular weight excluding hydrogens is 232 g/mol. The maximum atomic E-state index is 11.4. The highest BCUT2D eigenvalue weighted by atomic mass is 32.1. The van der Waals surface area contributed by atoms with Crippen molar-refractivity contribution >= 4 is 34.1 Å². The normalized spacial score (nSPS) is 15.7. The van der Waals surface area contributed by atoms with Crippen LogP contribution in [0.15, 0.2) is 5.38 Å². The Morgan fingerprint density at radius 1 is 1.56 bits per heavy atom. The standard InChI is InChI=1S/C9H8N2O4S/c1-15-8(14)6-4-16-9(10-6)11-3-5(12)2-7(11)13/h4H,2-3H2,1H3. The number of thiazole rings is 1. The zero-order valence-electron chi connectivity index (χ0n) is 8.43. The first-order valence-electron chi connectivity index (χ1n) is 4.47. The third-order valence-electron chi connectivity index (χ3n) is 2.10. The van der Waals surface area contributed by atoms with Crippen LogP contribution in [0.1, 0.15) is 16.9 Å². The van der Waals surface area contributed by atoms with E-state index in [1.54, 1.807) is 0 Å². The van der Waals surface area contributed by atoms with Crippen molar-refractivity contribution in [2.24, 2.45) is 0 Å². The summed E-state index contributed by atoms with van der Waals surface area (Å²) in [5.41, 5.74) is 0.148. The van der Waals surface area contributed by atoms with Crippen LogP contribution in [0.3, 0.4) is 0 Å². The van der Waals surface area contributed by atoms with Gasteiger partial charge in [0.2, 0.25) is 5.91 Å². The highest BCUT2D eigenvalue weighted by Crippen LogP contribution is 2.24. The van der Waals surface area contributed by atoms with E-state index in [0.29, 0.717) is 5.13 Å². The fourth-order valence-electron chi connectivity index (χ4n) is 1.35. The summed E-state index contributed by atoms with van der Waals surface area (Å²) >= 11 is 1.14. The van der Waals surface area contributed by atoms with Crippen molar-refractivity contribution in [2.45, 2.75) is 6.42 Å². The van der Waals surface area contributed by atoms with Crippen LogP contribution >= 0.6 is 11.3 Å². The van der Waals surface area contributed by atoms with Crippen LogP contribution in [0.5, 0.6) is 0 Å². The van der Waals surface area contributed by atoms with Gasteiger partial charge in [0, 0.05) is 5.38 Å². The molecule has 0 N–H and O–H groups in total. The molecule has 1 aromatic heterocycles. The first kappa shape index (κ1) is 10.7. The van der Waals surface area contributed by atoms with Gasteiger partial charge >= 0.3 is 5.97 Å². The van der Waals surface area contributed by atoms with Crippen molar-refractivity contribution in [2.75, 3.05) is 18.6 Å². The number of hydrogen-bond donors (Lipinski definition) is 0. The van der Waals surface area contributed by atoms with E-state index < -0.39 is 5.97 Å². The van der Waals surface area contributed by atoms with Gasteiger partial charge < -0.3 is 4.74 Å². The number of amides is 1. The number of ether oxygens (including phenoxy) is 1. The number of anilines is 1. The molecule has 16 heavy (non-hydrogen) atoms. The van der Waals surface area contributed by atoms with E-state index in [0.717, 1.165) is 11.3 Å². The van der Waals surface area contributed by atoms with Crippen LogP contribution in [0.2, 0.25) is 0 Å². The lowest BCUT2D eigenvalue weighted by Crippen LogP contribution is -2.24. The van der Waals surface area contributed by atoms with E-state index in [2.05, 4.69) is 9.72 Å². The average molecular weight is 240 g/mol. The van der Waals surface area contributed by atoms with Crippen LogP contribution in [0.4, 0.5) is 5.13 Å². The maximum absolute atomic E-state index is 11.4. The summed E-state index contributed by atoms with van der Waals surface area (Å²) in [6, 6.07) is 0. The highest BCUT2D eigenvalue weighted by molar-refractivity contribution is 7.14. The second-order valence-electron chi connectivity index (χ2n) is 3.20. The van der Waals surface area contributed by atoms with Crippen molar-refractivity contribution in [1.29, 1.82) is 0 Å². The van der Waals surface area contributed by atoms with Crippen molar-refractivity contribution in [3.63, 3.8) is 0 Å². The molecule has 84 valence electrons. The fraction of sp³-hybridized carbons (Fsp3) is 0.333. The lowest BCUT2D eigenvalue weighted by atomic mass is 10.3. The van der Waals surface area contributed by atoms with Gasteiger partial charge in [-0.2, -0.15) is 0 Å². The van der Waals surface area contributed by atoms with Gasteiger partial charge in [-0.05, 0) is 0 Å². The van der Waals surface area contributed by atoms with Crippen LogP contribution in [-0.4, -0.2) is 36.3 Å². The summed E-state index contributed by atoms with van der Waals surface area (Å²) in [6.45, 7) is 0.0347. The monoisotopic (exact) mass is 240 g/mol. The van der Waals surface area contributed by atoms with Gasteiger partial charge in [-0.3, -0.25) is 14.5 Å². The number of nitrogens with zero attached hydrogens (tertiary/aromatic N) is 2. The molecule has 0 atom stereocenters. The third-order valence-corrected chi connectivity index (χ3v) is 2.97. The van der Waals surface area contributed by atoms with Gasteiger partial charge in [-0.1, -0.05) is 0 Å². The van der Waals surface area contributed by atoms with Gasteiger partial charge in [0.15, 0.2) is 16.6 Å². The molecule has 2 heterocycles. The van der Waals surface area contributed by atoms with E-state index in [1.165, 1.54) is 17.4 Å². The molecule has 1 aromatic rings. The quantitative estimate of drug-likeness (QED) is 0.546.